The molecule has 1 amide bonds. The molecule has 110 valence electrons. The molecule has 0 aromatic heterocycles. The summed E-state index contributed by atoms with van der Waals surface area (Å²) in [7, 11) is 1.54. The average Bonchev–Trinajstić information content (AvgIpc) is 2.42. The molecule has 0 saturated heterocycles. The van der Waals surface area contributed by atoms with Crippen molar-refractivity contribution in [1.29, 1.82) is 0 Å². The van der Waals surface area contributed by atoms with Gasteiger partial charge in [-0.1, -0.05) is 28.1 Å². The highest BCUT2D eigenvalue weighted by Gasteiger charge is 2.18. The van der Waals surface area contributed by atoms with E-state index in [1.54, 1.807) is 7.05 Å². The molecule has 0 fully saturated rings. The first-order valence-electron chi connectivity index (χ1n) is 6.13. The SMILES string of the molecule is CN(Cc1cccc(Br)c1)C(=O)c1cc(N)c(F)cc1F. The minimum Gasteiger partial charge on any atom is -0.396 e. The molecule has 0 unspecified atom stereocenters. The lowest BCUT2D eigenvalue weighted by atomic mass is 10.1. The van der Waals surface area contributed by atoms with Gasteiger partial charge in [0.15, 0.2) is 0 Å². The summed E-state index contributed by atoms with van der Waals surface area (Å²) in [5.74, 6) is -2.36. The fourth-order valence-corrected chi connectivity index (χ4v) is 2.36. The largest absolute Gasteiger partial charge is 0.396 e. The zero-order valence-corrected chi connectivity index (χ0v) is 12.8. The third kappa shape index (κ3) is 3.58. The molecule has 0 bridgehead atoms. The summed E-state index contributed by atoms with van der Waals surface area (Å²) in [5, 5.41) is 0. The van der Waals surface area contributed by atoms with Crippen LogP contribution < -0.4 is 5.73 Å². The van der Waals surface area contributed by atoms with Gasteiger partial charge in [0.2, 0.25) is 0 Å². The van der Waals surface area contributed by atoms with Crippen LogP contribution >= 0.6 is 15.9 Å². The number of hydrogen-bond acceptors (Lipinski definition) is 2. The summed E-state index contributed by atoms with van der Waals surface area (Å²) in [4.78, 5) is 13.6. The zero-order chi connectivity index (χ0) is 15.6. The number of rotatable bonds is 3. The number of carbonyl (C=O) groups excluding carboxylic acids is 1. The lowest BCUT2D eigenvalue weighted by Crippen LogP contribution is -2.27. The number of hydrogen-bond donors (Lipinski definition) is 1. The number of halogens is 3. The molecule has 0 heterocycles. The molecule has 0 aliphatic carbocycles. The molecule has 0 spiro atoms. The molecule has 0 aliphatic heterocycles. The Bertz CT molecular complexity index is 691. The first-order chi connectivity index (χ1) is 9.88. The van der Waals surface area contributed by atoms with E-state index in [0.29, 0.717) is 12.6 Å². The average molecular weight is 355 g/mol. The second-order valence-electron chi connectivity index (χ2n) is 4.64. The van der Waals surface area contributed by atoms with E-state index in [1.165, 1.54) is 4.90 Å². The predicted octanol–water partition coefficient (Wildman–Crippen LogP) is 3.58. The molecule has 2 aromatic rings. The fraction of sp³-hybridized carbons (Fsp3) is 0.133. The van der Waals surface area contributed by atoms with Crippen molar-refractivity contribution in [2.75, 3.05) is 12.8 Å². The molecule has 2 N–H and O–H groups in total. The maximum absolute atomic E-state index is 13.7. The van der Waals surface area contributed by atoms with Crippen LogP contribution in [0.3, 0.4) is 0 Å². The van der Waals surface area contributed by atoms with Gasteiger partial charge in [0, 0.05) is 24.1 Å². The Hall–Kier alpha value is -1.95. The minimum absolute atomic E-state index is 0.244. The van der Waals surface area contributed by atoms with E-state index in [9.17, 15) is 13.6 Å². The van der Waals surface area contributed by atoms with E-state index in [-0.39, 0.29) is 11.3 Å². The summed E-state index contributed by atoms with van der Waals surface area (Å²) >= 11 is 3.34. The first-order valence-corrected chi connectivity index (χ1v) is 6.92. The Balaban J connectivity index is 2.22. The van der Waals surface area contributed by atoms with Crippen molar-refractivity contribution in [2.45, 2.75) is 6.54 Å². The van der Waals surface area contributed by atoms with Crippen LogP contribution in [0.15, 0.2) is 40.9 Å². The fourth-order valence-electron chi connectivity index (χ4n) is 1.92. The highest BCUT2D eigenvalue weighted by atomic mass is 79.9. The van der Waals surface area contributed by atoms with Gasteiger partial charge >= 0.3 is 0 Å². The number of nitrogens with two attached hydrogens (primary N) is 1. The van der Waals surface area contributed by atoms with Crippen molar-refractivity contribution in [2.24, 2.45) is 0 Å². The van der Waals surface area contributed by atoms with E-state index in [2.05, 4.69) is 15.9 Å². The molecule has 6 heteroatoms. The molecule has 2 rings (SSSR count). The molecule has 0 aliphatic rings. The van der Waals surface area contributed by atoms with Crippen LogP contribution in [0.5, 0.6) is 0 Å². The van der Waals surface area contributed by atoms with Crippen LogP contribution in [0.2, 0.25) is 0 Å². The molecule has 0 saturated carbocycles. The monoisotopic (exact) mass is 354 g/mol. The van der Waals surface area contributed by atoms with Crippen LogP contribution in [0.4, 0.5) is 14.5 Å². The van der Waals surface area contributed by atoms with Gasteiger partial charge in [0.05, 0.1) is 11.3 Å². The molecule has 0 radical (unpaired) electrons. The summed E-state index contributed by atoms with van der Waals surface area (Å²) in [6.45, 7) is 0.301. The first kappa shape index (κ1) is 15.4. The number of anilines is 1. The molecule has 21 heavy (non-hydrogen) atoms. The maximum Gasteiger partial charge on any atom is 0.256 e. The third-order valence-corrected chi connectivity index (χ3v) is 3.47. The number of nitrogen functional groups attached to an aromatic ring is 1. The van der Waals surface area contributed by atoms with Gasteiger partial charge in [0.1, 0.15) is 11.6 Å². The van der Waals surface area contributed by atoms with E-state index < -0.39 is 17.5 Å². The number of carbonyl (C=O) groups is 1. The van der Waals surface area contributed by atoms with Crippen LogP contribution in [0.25, 0.3) is 0 Å². The van der Waals surface area contributed by atoms with E-state index >= 15 is 0 Å². The molecular weight excluding hydrogens is 342 g/mol. The maximum atomic E-state index is 13.7. The van der Waals surface area contributed by atoms with Crippen molar-refractivity contribution >= 4 is 27.5 Å². The van der Waals surface area contributed by atoms with Crippen molar-refractivity contribution in [1.82, 2.24) is 4.90 Å². The van der Waals surface area contributed by atoms with Gasteiger partial charge in [-0.25, -0.2) is 8.78 Å². The Morgan fingerprint density at radius 2 is 1.95 bits per heavy atom. The Kier molecular flexibility index (Phi) is 4.57. The summed E-state index contributed by atoms with van der Waals surface area (Å²) < 4.78 is 27.7. The molecular formula is C15H13BrF2N2O. The summed E-state index contributed by atoms with van der Waals surface area (Å²) in [6, 6.07) is 9.06. The van der Waals surface area contributed by atoms with Gasteiger partial charge in [-0.15, -0.1) is 0 Å². The molecule has 3 nitrogen and oxygen atoms in total. The van der Waals surface area contributed by atoms with E-state index in [0.717, 1.165) is 16.1 Å². The zero-order valence-electron chi connectivity index (χ0n) is 11.2. The Labute approximate surface area is 129 Å². The second-order valence-corrected chi connectivity index (χ2v) is 5.56. The van der Waals surface area contributed by atoms with Crippen molar-refractivity contribution < 1.29 is 13.6 Å². The number of amides is 1. The number of benzene rings is 2. The highest BCUT2D eigenvalue weighted by Crippen LogP contribution is 2.19. The van der Waals surface area contributed by atoms with Crippen LogP contribution in [0, 0.1) is 11.6 Å². The van der Waals surface area contributed by atoms with Crippen LogP contribution in [-0.2, 0) is 6.54 Å². The van der Waals surface area contributed by atoms with Crippen LogP contribution in [0.1, 0.15) is 15.9 Å². The Morgan fingerprint density at radius 1 is 1.24 bits per heavy atom. The molecule has 2 aromatic carbocycles. The lowest BCUT2D eigenvalue weighted by molar-refractivity contribution is 0.0780. The summed E-state index contributed by atoms with van der Waals surface area (Å²) in [6.07, 6.45) is 0. The van der Waals surface area contributed by atoms with Crippen molar-refractivity contribution in [3.63, 3.8) is 0 Å². The lowest BCUT2D eigenvalue weighted by Gasteiger charge is -2.18. The standard InChI is InChI=1S/C15H13BrF2N2O/c1-20(8-9-3-2-4-10(16)5-9)15(21)11-6-14(19)13(18)7-12(11)17/h2-7H,8,19H2,1H3. The topological polar surface area (TPSA) is 46.3 Å². The summed E-state index contributed by atoms with van der Waals surface area (Å²) in [5.41, 5.74) is 5.77. The van der Waals surface area contributed by atoms with Crippen LogP contribution in [-0.4, -0.2) is 17.9 Å². The van der Waals surface area contributed by atoms with E-state index in [1.807, 2.05) is 24.3 Å². The third-order valence-electron chi connectivity index (χ3n) is 2.97. The van der Waals surface area contributed by atoms with Gasteiger partial charge < -0.3 is 10.6 Å². The minimum atomic E-state index is -0.923. The van der Waals surface area contributed by atoms with Gasteiger partial charge in [-0.3, -0.25) is 4.79 Å². The predicted molar refractivity (Wildman–Crippen MR) is 80.7 cm³/mol. The quantitative estimate of drug-likeness (QED) is 0.856. The van der Waals surface area contributed by atoms with Gasteiger partial charge in [-0.05, 0) is 23.8 Å². The molecule has 0 atom stereocenters. The number of nitrogens with zero attached hydrogens (tertiary/aromatic N) is 1. The van der Waals surface area contributed by atoms with E-state index in [4.69, 9.17) is 5.73 Å². The van der Waals surface area contributed by atoms with Crippen molar-refractivity contribution in [3.8, 4) is 0 Å². The second kappa shape index (κ2) is 6.22. The van der Waals surface area contributed by atoms with Gasteiger partial charge in [-0.2, -0.15) is 0 Å². The smallest absolute Gasteiger partial charge is 0.256 e. The Morgan fingerprint density at radius 3 is 2.62 bits per heavy atom. The highest BCUT2D eigenvalue weighted by molar-refractivity contribution is 9.10. The van der Waals surface area contributed by atoms with Crippen molar-refractivity contribution in [3.05, 3.63) is 63.6 Å². The normalized spacial score (nSPS) is 10.5. The van der Waals surface area contributed by atoms with Gasteiger partial charge in [0.25, 0.3) is 5.91 Å².